The van der Waals surface area contributed by atoms with Crippen LogP contribution in [-0.2, 0) is 14.3 Å². The first-order chi connectivity index (χ1) is 18.6. The zero-order chi connectivity index (χ0) is 27.0. The van der Waals surface area contributed by atoms with Gasteiger partial charge in [0.15, 0.2) is 0 Å². The predicted molar refractivity (Wildman–Crippen MR) is 152 cm³/mol. The fraction of sp³-hybridized carbons (Fsp3) is 0.355. The van der Waals surface area contributed by atoms with Gasteiger partial charge in [-0.3, -0.25) is 0 Å². The SMILES string of the molecule is CC/C(=C(/c1ccc(O)cc1)c1ccc(OCCN(C)CCOCCOCCON)cc1)c1ccccc1. The van der Waals surface area contributed by atoms with Crippen LogP contribution in [0.5, 0.6) is 11.5 Å². The molecule has 0 aliphatic carbocycles. The molecule has 204 valence electrons. The molecule has 0 saturated carbocycles. The van der Waals surface area contributed by atoms with Gasteiger partial charge >= 0.3 is 0 Å². The Morgan fingerprint density at radius 3 is 1.92 bits per heavy atom. The molecule has 0 amide bonds. The average molecular weight is 521 g/mol. The lowest BCUT2D eigenvalue weighted by Gasteiger charge is -2.18. The number of aromatic hydroxyl groups is 1. The van der Waals surface area contributed by atoms with Gasteiger partial charge in [0.1, 0.15) is 18.1 Å². The van der Waals surface area contributed by atoms with Crippen LogP contribution in [-0.4, -0.2) is 69.8 Å². The fourth-order valence-electron chi connectivity index (χ4n) is 4.11. The smallest absolute Gasteiger partial charge is 0.119 e. The highest BCUT2D eigenvalue weighted by molar-refractivity contribution is 5.98. The number of phenolic OH excluding ortho intramolecular Hbond substituents is 1. The second-order valence-electron chi connectivity index (χ2n) is 8.89. The Hall–Kier alpha value is -3.20. The maximum atomic E-state index is 9.83. The average Bonchev–Trinajstić information content (AvgIpc) is 2.95. The fourth-order valence-corrected chi connectivity index (χ4v) is 4.11. The molecule has 0 saturated heterocycles. The monoisotopic (exact) mass is 520 g/mol. The van der Waals surface area contributed by atoms with Gasteiger partial charge in [-0.1, -0.05) is 61.5 Å². The van der Waals surface area contributed by atoms with E-state index >= 15 is 0 Å². The maximum Gasteiger partial charge on any atom is 0.119 e. The van der Waals surface area contributed by atoms with E-state index in [9.17, 15) is 5.11 Å². The number of nitrogens with two attached hydrogens (primary N) is 1. The first kappa shape index (κ1) is 29.4. The summed E-state index contributed by atoms with van der Waals surface area (Å²) in [4.78, 5) is 6.62. The summed E-state index contributed by atoms with van der Waals surface area (Å²) < 4.78 is 16.9. The molecule has 38 heavy (non-hydrogen) atoms. The minimum atomic E-state index is 0.258. The van der Waals surface area contributed by atoms with Crippen LogP contribution in [0, 0.1) is 0 Å². The van der Waals surface area contributed by atoms with E-state index in [1.807, 2.05) is 30.3 Å². The van der Waals surface area contributed by atoms with E-state index in [1.165, 1.54) is 11.1 Å². The van der Waals surface area contributed by atoms with E-state index in [2.05, 4.69) is 60.1 Å². The van der Waals surface area contributed by atoms with E-state index in [0.717, 1.165) is 42.0 Å². The Balaban J connectivity index is 1.57. The molecule has 3 aromatic carbocycles. The Bertz CT molecular complexity index is 1090. The number of benzene rings is 3. The van der Waals surface area contributed by atoms with Crippen molar-refractivity contribution in [3.05, 3.63) is 95.6 Å². The molecule has 3 rings (SSSR count). The molecule has 0 fully saturated rings. The van der Waals surface area contributed by atoms with Crippen molar-refractivity contribution >= 4 is 11.1 Å². The largest absolute Gasteiger partial charge is 0.508 e. The van der Waals surface area contributed by atoms with Crippen molar-refractivity contribution in [2.24, 2.45) is 5.90 Å². The number of likely N-dealkylation sites (N-methyl/N-ethyl adjacent to an activating group) is 1. The molecule has 7 heteroatoms. The van der Waals surface area contributed by atoms with Crippen molar-refractivity contribution in [3.8, 4) is 11.5 Å². The van der Waals surface area contributed by atoms with Crippen molar-refractivity contribution in [1.82, 2.24) is 4.90 Å². The topological polar surface area (TPSA) is 86.4 Å². The van der Waals surface area contributed by atoms with Gasteiger partial charge in [-0.15, -0.1) is 0 Å². The second kappa shape index (κ2) is 16.6. The van der Waals surface area contributed by atoms with E-state index in [1.54, 1.807) is 12.1 Å². The number of allylic oxidation sites excluding steroid dienone is 1. The number of nitrogens with zero attached hydrogens (tertiary/aromatic N) is 1. The number of rotatable bonds is 17. The highest BCUT2D eigenvalue weighted by atomic mass is 16.6. The van der Waals surface area contributed by atoms with Crippen LogP contribution in [0.25, 0.3) is 11.1 Å². The summed E-state index contributed by atoms with van der Waals surface area (Å²) in [6.07, 6.45) is 0.880. The molecule has 0 unspecified atom stereocenters. The molecule has 0 radical (unpaired) electrons. The molecule has 0 bridgehead atoms. The van der Waals surface area contributed by atoms with Gasteiger partial charge < -0.3 is 29.1 Å². The van der Waals surface area contributed by atoms with E-state index in [4.69, 9.17) is 20.1 Å². The Morgan fingerprint density at radius 2 is 1.29 bits per heavy atom. The quantitative estimate of drug-likeness (QED) is 0.147. The zero-order valence-electron chi connectivity index (χ0n) is 22.5. The summed E-state index contributed by atoms with van der Waals surface area (Å²) >= 11 is 0. The van der Waals surface area contributed by atoms with E-state index < -0.39 is 0 Å². The van der Waals surface area contributed by atoms with E-state index in [-0.39, 0.29) is 5.75 Å². The summed E-state index contributed by atoms with van der Waals surface area (Å²) in [7, 11) is 2.05. The molecular formula is C31H40N2O5. The molecule has 0 aliphatic heterocycles. The summed E-state index contributed by atoms with van der Waals surface area (Å²) in [5.41, 5.74) is 5.78. The number of phenols is 1. The Kier molecular flexibility index (Phi) is 12.8. The molecule has 0 heterocycles. The molecule has 3 N–H and O–H groups in total. The van der Waals surface area contributed by atoms with Crippen LogP contribution < -0.4 is 10.6 Å². The van der Waals surface area contributed by atoms with Gasteiger partial charge in [0.2, 0.25) is 0 Å². The van der Waals surface area contributed by atoms with Crippen LogP contribution in [0.4, 0.5) is 0 Å². The van der Waals surface area contributed by atoms with Gasteiger partial charge in [-0.05, 0) is 65.6 Å². The summed E-state index contributed by atoms with van der Waals surface area (Å²) in [6.45, 7) is 6.94. The lowest BCUT2D eigenvalue weighted by molar-refractivity contribution is 0.0109. The maximum absolute atomic E-state index is 9.83. The van der Waals surface area contributed by atoms with Crippen LogP contribution in [0.1, 0.15) is 30.0 Å². The molecule has 3 aromatic rings. The molecule has 0 aromatic heterocycles. The highest BCUT2D eigenvalue weighted by Gasteiger charge is 2.13. The van der Waals surface area contributed by atoms with Crippen LogP contribution >= 0.6 is 0 Å². The van der Waals surface area contributed by atoms with Crippen molar-refractivity contribution < 1.29 is 24.2 Å². The van der Waals surface area contributed by atoms with Crippen LogP contribution in [0.3, 0.4) is 0 Å². The molecular weight excluding hydrogens is 480 g/mol. The lowest BCUT2D eigenvalue weighted by atomic mass is 9.88. The second-order valence-corrected chi connectivity index (χ2v) is 8.89. The number of hydrogen-bond acceptors (Lipinski definition) is 7. The molecule has 7 nitrogen and oxygen atoms in total. The first-order valence-electron chi connectivity index (χ1n) is 13.1. The van der Waals surface area contributed by atoms with Crippen molar-refractivity contribution in [2.45, 2.75) is 13.3 Å². The van der Waals surface area contributed by atoms with Gasteiger partial charge in [0.25, 0.3) is 0 Å². The van der Waals surface area contributed by atoms with Gasteiger partial charge in [0.05, 0.1) is 33.0 Å². The standard InChI is InChI=1S/C31H40N2O5/c1-3-30(25-7-5-4-6-8-25)31(26-9-13-28(34)14-10-26)27-11-15-29(16-12-27)37-20-18-33(2)17-19-35-21-22-36-23-24-38-32/h4-16,34H,3,17-24,32H2,1-2H3/b31-30+. The zero-order valence-corrected chi connectivity index (χ0v) is 22.5. The number of hydrogen-bond donors (Lipinski definition) is 2. The van der Waals surface area contributed by atoms with Crippen molar-refractivity contribution in [3.63, 3.8) is 0 Å². The molecule has 0 aliphatic rings. The molecule has 0 spiro atoms. The van der Waals surface area contributed by atoms with Gasteiger partial charge in [-0.2, -0.15) is 0 Å². The Labute approximate surface area is 226 Å². The molecule has 0 atom stereocenters. The van der Waals surface area contributed by atoms with E-state index in [0.29, 0.717) is 39.6 Å². The normalized spacial score (nSPS) is 12.0. The predicted octanol–water partition coefficient (Wildman–Crippen LogP) is 5.00. The van der Waals surface area contributed by atoms with Gasteiger partial charge in [-0.25, -0.2) is 5.90 Å². The lowest BCUT2D eigenvalue weighted by Crippen LogP contribution is -2.28. The third-order valence-electron chi connectivity index (χ3n) is 6.15. The summed E-state index contributed by atoms with van der Waals surface area (Å²) in [5, 5.41) is 9.83. The third kappa shape index (κ3) is 9.59. The summed E-state index contributed by atoms with van der Waals surface area (Å²) in [5.74, 6) is 6.04. The van der Waals surface area contributed by atoms with Crippen molar-refractivity contribution in [1.29, 1.82) is 0 Å². The minimum absolute atomic E-state index is 0.258. The van der Waals surface area contributed by atoms with Crippen LogP contribution in [0.2, 0.25) is 0 Å². The minimum Gasteiger partial charge on any atom is -0.508 e. The highest BCUT2D eigenvalue weighted by Crippen LogP contribution is 2.35. The third-order valence-corrected chi connectivity index (χ3v) is 6.15. The first-order valence-corrected chi connectivity index (χ1v) is 13.1. The summed E-state index contributed by atoms with van der Waals surface area (Å²) in [6, 6.07) is 26.1. The number of ether oxygens (including phenoxy) is 3. The Morgan fingerprint density at radius 1 is 0.711 bits per heavy atom. The van der Waals surface area contributed by atoms with Gasteiger partial charge in [0, 0.05) is 13.1 Å². The van der Waals surface area contributed by atoms with Crippen molar-refractivity contribution in [2.75, 3.05) is 59.8 Å². The van der Waals surface area contributed by atoms with Crippen LogP contribution in [0.15, 0.2) is 78.9 Å².